The predicted octanol–water partition coefficient (Wildman–Crippen LogP) is 6.91. The summed E-state index contributed by atoms with van der Waals surface area (Å²) in [7, 11) is 1.00. The Morgan fingerprint density at radius 2 is 1.58 bits per heavy atom. The van der Waals surface area contributed by atoms with Gasteiger partial charge in [-0.3, -0.25) is 9.59 Å². The van der Waals surface area contributed by atoms with Gasteiger partial charge >= 0.3 is 0 Å². The lowest BCUT2D eigenvalue weighted by Gasteiger charge is -2.34. The third kappa shape index (κ3) is 15.3. The third-order valence-electron chi connectivity index (χ3n) is 9.40. The van der Waals surface area contributed by atoms with Gasteiger partial charge < -0.3 is 31.7 Å². The maximum atomic E-state index is 14.4. The number of carbonyl (C=O) groups is 2. The number of rotatable bonds is 16. The molecule has 50 heavy (non-hydrogen) atoms. The number of fused-ring (bicyclic) bond motifs is 1. The van der Waals surface area contributed by atoms with Gasteiger partial charge in [0.15, 0.2) is 5.78 Å². The second-order valence-corrected chi connectivity index (χ2v) is 14.6. The van der Waals surface area contributed by atoms with Crippen LogP contribution in [0.2, 0.25) is 0 Å². The Kier molecular flexibility index (Phi) is 22.3. The average molecular weight is 696 g/mol. The largest absolute Gasteiger partial charge is 0.401 e. The lowest BCUT2D eigenvalue weighted by Crippen LogP contribution is -2.54. The van der Waals surface area contributed by atoms with E-state index in [1.54, 1.807) is 6.08 Å². The first-order chi connectivity index (χ1) is 23.6. The van der Waals surface area contributed by atoms with Crippen molar-refractivity contribution in [1.29, 1.82) is 0 Å². The van der Waals surface area contributed by atoms with Gasteiger partial charge in [-0.15, -0.1) is 6.58 Å². The molecule has 8 nitrogen and oxygen atoms in total. The van der Waals surface area contributed by atoms with Gasteiger partial charge in [-0.05, 0) is 60.0 Å². The highest BCUT2D eigenvalue weighted by Crippen LogP contribution is 2.35. The first kappa shape index (κ1) is 46.6. The molecule has 1 heterocycles. The van der Waals surface area contributed by atoms with E-state index < -0.39 is 12.1 Å². The minimum absolute atomic E-state index is 0.0607. The van der Waals surface area contributed by atoms with Crippen LogP contribution in [0.5, 0.6) is 0 Å². The zero-order valence-corrected chi connectivity index (χ0v) is 33.3. The van der Waals surface area contributed by atoms with Gasteiger partial charge in [-0.25, -0.2) is 0 Å². The molecule has 6 N–H and O–H groups in total. The highest BCUT2D eigenvalue weighted by atomic mass is 16.2. The van der Waals surface area contributed by atoms with Crippen molar-refractivity contribution in [3.05, 3.63) is 84.9 Å². The van der Waals surface area contributed by atoms with Gasteiger partial charge in [0.05, 0.1) is 23.8 Å². The molecule has 1 aromatic rings. The summed E-state index contributed by atoms with van der Waals surface area (Å²) in [6.45, 7) is 36.7. The number of likely N-dealkylation sites (tertiary alicyclic amines) is 1. The van der Waals surface area contributed by atoms with E-state index in [2.05, 4.69) is 108 Å². The molecular formula is C42H73N5O3. The van der Waals surface area contributed by atoms with E-state index in [9.17, 15) is 9.59 Å². The van der Waals surface area contributed by atoms with E-state index >= 15 is 0 Å². The number of hydrogen-bond donors (Lipinski definition) is 5. The summed E-state index contributed by atoms with van der Waals surface area (Å²) in [5.41, 5.74) is 10.6. The summed E-state index contributed by atoms with van der Waals surface area (Å²) in [5, 5.41) is 16.9. The van der Waals surface area contributed by atoms with Crippen molar-refractivity contribution in [2.75, 3.05) is 26.7 Å². The molecule has 0 saturated carbocycles. The van der Waals surface area contributed by atoms with E-state index in [1.807, 2.05) is 25.7 Å². The van der Waals surface area contributed by atoms with Crippen molar-refractivity contribution in [1.82, 2.24) is 20.9 Å². The molecule has 3 unspecified atom stereocenters. The van der Waals surface area contributed by atoms with Crippen LogP contribution in [-0.2, 0) is 22.4 Å². The molecule has 0 radical (unpaired) electrons. The highest BCUT2D eigenvalue weighted by Gasteiger charge is 2.43. The topological polar surface area (TPSA) is 120 Å². The quantitative estimate of drug-likeness (QED) is 0.0942. The Labute approximate surface area is 306 Å². The summed E-state index contributed by atoms with van der Waals surface area (Å²) in [5.74, 6) is 0.840. The van der Waals surface area contributed by atoms with Crippen LogP contribution in [-0.4, -0.2) is 66.6 Å². The smallest absolute Gasteiger partial charge is 0.240 e. The number of hydrogen-bond acceptors (Lipinski definition) is 7. The summed E-state index contributed by atoms with van der Waals surface area (Å²) < 4.78 is 0. The normalized spacial score (nSPS) is 17.7. The molecule has 0 aromatic heterocycles. The number of aliphatic hydroxyl groups is 1. The lowest BCUT2D eigenvalue weighted by molar-refractivity contribution is -0.135. The van der Waals surface area contributed by atoms with Crippen LogP contribution in [0.1, 0.15) is 99.1 Å². The molecule has 1 saturated heterocycles. The molecule has 1 aliphatic carbocycles. The number of nitrogens with two attached hydrogens (primary N) is 1. The number of aliphatic hydroxyl groups excluding tert-OH is 1. The van der Waals surface area contributed by atoms with Crippen LogP contribution in [0.15, 0.2) is 73.7 Å². The number of benzene rings is 1. The van der Waals surface area contributed by atoms with Gasteiger partial charge in [0, 0.05) is 38.1 Å². The second-order valence-electron chi connectivity index (χ2n) is 14.6. The van der Waals surface area contributed by atoms with E-state index in [-0.39, 0.29) is 23.7 Å². The van der Waals surface area contributed by atoms with E-state index in [1.165, 1.54) is 17.5 Å². The van der Waals surface area contributed by atoms with Gasteiger partial charge in [-0.1, -0.05) is 125 Å². The minimum Gasteiger partial charge on any atom is -0.401 e. The SMILES string of the molecule is C=CCNC(=C)C(=O)C(CCC)NC(=C)C1C[C@@H](C(C)C)CN1C(=O)C(NCC(=C)N)C1Cc2ccccc2C1.CC.CCC(C)(C)C.CO. The summed E-state index contributed by atoms with van der Waals surface area (Å²) in [4.78, 5) is 29.6. The molecular weight excluding hydrogens is 622 g/mol. The zero-order valence-electron chi connectivity index (χ0n) is 33.3. The number of carbonyl (C=O) groups excluding carboxylic acids is 2. The standard InChI is InChI=1S/C33H49N5O2.C6H14.C2H6.CH4O/c1-8-12-29(32(39)24(7)35-15-9-2)37-23(6)30-18-28(21(3)4)20-38(30)33(40)31(36-19-22(5)34)27-16-25-13-10-11-14-26(25)17-27;1-5-6(2,3)4;2*1-2/h9-11,13-14,21,27-31,35-37H,2,5-8,12,15-20,34H2,1,3-4H3;5H2,1-4H3;1-2H3;2H,1H3/t28-,29?,30?,31?;;;/m1.../s1. The fourth-order valence-corrected chi connectivity index (χ4v) is 6.00. The second kappa shape index (κ2) is 23.9. The van der Waals surface area contributed by atoms with Gasteiger partial charge in [0.1, 0.15) is 0 Å². The monoisotopic (exact) mass is 696 g/mol. The predicted molar refractivity (Wildman–Crippen MR) is 213 cm³/mol. The molecule has 0 bridgehead atoms. The van der Waals surface area contributed by atoms with Crippen LogP contribution in [0.3, 0.4) is 0 Å². The van der Waals surface area contributed by atoms with E-state index in [0.717, 1.165) is 32.8 Å². The Morgan fingerprint density at radius 1 is 1.04 bits per heavy atom. The number of nitrogens with one attached hydrogen (secondary N) is 3. The maximum absolute atomic E-state index is 14.4. The molecule has 0 spiro atoms. The molecule has 8 heteroatoms. The van der Waals surface area contributed by atoms with Crippen LogP contribution in [0.25, 0.3) is 0 Å². The van der Waals surface area contributed by atoms with Crippen molar-refractivity contribution >= 4 is 11.7 Å². The van der Waals surface area contributed by atoms with Crippen LogP contribution in [0, 0.1) is 23.2 Å². The fraction of sp³-hybridized carbons (Fsp3) is 0.619. The average Bonchev–Trinajstić information content (AvgIpc) is 3.74. The molecule has 3 rings (SSSR count). The first-order valence-electron chi connectivity index (χ1n) is 18.6. The first-order valence-corrected chi connectivity index (χ1v) is 18.6. The van der Waals surface area contributed by atoms with Crippen LogP contribution in [0.4, 0.5) is 0 Å². The lowest BCUT2D eigenvalue weighted by atomic mass is 9.92. The van der Waals surface area contributed by atoms with Crippen molar-refractivity contribution in [2.24, 2.45) is 28.9 Å². The van der Waals surface area contributed by atoms with E-state index in [0.29, 0.717) is 60.4 Å². The zero-order chi connectivity index (χ0) is 38.6. The Morgan fingerprint density at radius 3 is 2.02 bits per heavy atom. The van der Waals surface area contributed by atoms with Crippen LogP contribution < -0.4 is 21.7 Å². The van der Waals surface area contributed by atoms with Crippen molar-refractivity contribution < 1.29 is 14.7 Å². The molecule has 2 aliphatic rings. The Bertz CT molecular complexity index is 1190. The third-order valence-corrected chi connectivity index (χ3v) is 9.40. The molecule has 4 atom stereocenters. The summed E-state index contributed by atoms with van der Waals surface area (Å²) in [6.07, 6.45) is 6.92. The van der Waals surface area contributed by atoms with Gasteiger partial charge in [0.25, 0.3) is 0 Å². The van der Waals surface area contributed by atoms with Crippen LogP contribution >= 0.6 is 0 Å². The fourth-order valence-electron chi connectivity index (χ4n) is 6.00. The molecule has 1 aromatic carbocycles. The number of Topliss-reactive ketones (excluding diaryl/α,β-unsaturated/α-hetero) is 1. The molecule has 284 valence electrons. The molecule has 1 amide bonds. The van der Waals surface area contributed by atoms with Crippen molar-refractivity contribution in [3.8, 4) is 0 Å². The number of nitrogens with zero attached hydrogens (tertiary/aromatic N) is 1. The van der Waals surface area contributed by atoms with Gasteiger partial charge in [0.2, 0.25) is 5.91 Å². The Hall–Kier alpha value is -3.36. The number of ketones is 1. The molecule has 1 aliphatic heterocycles. The molecule has 1 fully saturated rings. The Balaban J connectivity index is 0.00000213. The van der Waals surface area contributed by atoms with Crippen molar-refractivity contribution in [2.45, 2.75) is 119 Å². The summed E-state index contributed by atoms with van der Waals surface area (Å²) >= 11 is 0. The minimum atomic E-state index is -0.462. The van der Waals surface area contributed by atoms with E-state index in [4.69, 9.17) is 10.8 Å². The van der Waals surface area contributed by atoms with Gasteiger partial charge in [-0.2, -0.15) is 0 Å². The van der Waals surface area contributed by atoms with Crippen molar-refractivity contribution in [3.63, 3.8) is 0 Å². The maximum Gasteiger partial charge on any atom is 0.240 e. The summed E-state index contributed by atoms with van der Waals surface area (Å²) in [6, 6.07) is 7.35. The highest BCUT2D eigenvalue weighted by molar-refractivity contribution is 5.98. The number of amides is 1.